The number of nitrogens with zero attached hydrogens (tertiary/aromatic N) is 3. The molecule has 30 heavy (non-hydrogen) atoms. The van der Waals surface area contributed by atoms with Crippen molar-refractivity contribution in [1.82, 2.24) is 14.2 Å². The van der Waals surface area contributed by atoms with Crippen LogP contribution in [0.15, 0.2) is 40.6 Å². The summed E-state index contributed by atoms with van der Waals surface area (Å²) in [5.74, 6) is -1.26. The lowest BCUT2D eigenvalue weighted by Crippen LogP contribution is -2.54. The van der Waals surface area contributed by atoms with E-state index in [0.29, 0.717) is 26.2 Å². The first kappa shape index (κ1) is 21.0. The van der Waals surface area contributed by atoms with E-state index in [2.05, 4.69) is 4.98 Å². The van der Waals surface area contributed by atoms with Gasteiger partial charge in [-0.1, -0.05) is 25.3 Å². The summed E-state index contributed by atoms with van der Waals surface area (Å²) < 4.78 is 31.4. The average molecular weight is 434 g/mol. The minimum absolute atomic E-state index is 0.0489. The molecular weight excluding hydrogens is 406 g/mol. The summed E-state index contributed by atoms with van der Waals surface area (Å²) in [6.45, 7) is 1.59. The second-order valence-electron chi connectivity index (χ2n) is 8.24. The maximum Gasteiger partial charge on any atom is 0.318 e. The molecule has 1 aromatic heterocycles. The summed E-state index contributed by atoms with van der Waals surface area (Å²) in [6, 6.07) is 4.82. The van der Waals surface area contributed by atoms with Crippen LogP contribution in [0.2, 0.25) is 0 Å². The minimum Gasteiger partial charge on any atom is -0.468 e. The molecule has 1 atom stereocenters. The lowest BCUT2D eigenvalue weighted by molar-refractivity contribution is -0.157. The van der Waals surface area contributed by atoms with E-state index in [1.54, 1.807) is 17.0 Å². The van der Waals surface area contributed by atoms with Crippen LogP contribution in [0.5, 0.6) is 0 Å². The van der Waals surface area contributed by atoms with Gasteiger partial charge in [-0.2, -0.15) is 4.31 Å². The van der Waals surface area contributed by atoms with Gasteiger partial charge >= 0.3 is 5.97 Å². The standard InChI is InChI=1S/C21H27N3O5S/c1-29-21(26)19(15-7-3-2-4-8-15)20(25)23-11-16(12-23)17-13-24(14-17)30(27,28)18-9-5-6-10-22-18/h5-6,9-10,15,19H,2-4,7-8,11-14H2,1H3. The average Bonchev–Trinajstić information content (AvgIpc) is 2.69. The number of hydrogen-bond donors (Lipinski definition) is 0. The summed E-state index contributed by atoms with van der Waals surface area (Å²) >= 11 is 0. The minimum atomic E-state index is -3.58. The number of amides is 1. The van der Waals surface area contributed by atoms with Crippen molar-refractivity contribution in [1.29, 1.82) is 0 Å². The van der Waals surface area contributed by atoms with Crippen molar-refractivity contribution in [3.05, 3.63) is 35.5 Å². The van der Waals surface area contributed by atoms with Crippen LogP contribution >= 0.6 is 0 Å². The highest BCUT2D eigenvalue weighted by Gasteiger charge is 2.43. The Morgan fingerprint density at radius 2 is 1.73 bits per heavy atom. The molecule has 1 amide bonds. The van der Waals surface area contributed by atoms with Crippen LogP contribution in [0.4, 0.5) is 0 Å². The molecule has 3 aliphatic rings. The fourth-order valence-electron chi connectivity index (χ4n) is 4.48. The van der Waals surface area contributed by atoms with Crippen LogP contribution in [0.1, 0.15) is 32.1 Å². The van der Waals surface area contributed by atoms with Gasteiger partial charge in [-0.25, -0.2) is 13.4 Å². The Bertz CT molecular complexity index is 938. The molecule has 8 nitrogen and oxygen atoms in total. The van der Waals surface area contributed by atoms with E-state index < -0.39 is 21.9 Å². The van der Waals surface area contributed by atoms with Crippen LogP contribution in [0.25, 0.3) is 0 Å². The number of hydrogen-bond acceptors (Lipinski definition) is 6. The van der Waals surface area contributed by atoms with E-state index in [-0.39, 0.29) is 16.9 Å². The zero-order valence-electron chi connectivity index (χ0n) is 17.1. The monoisotopic (exact) mass is 433 g/mol. The van der Waals surface area contributed by atoms with Gasteiger partial charge < -0.3 is 9.64 Å². The van der Waals surface area contributed by atoms with E-state index in [9.17, 15) is 18.0 Å². The third-order valence-electron chi connectivity index (χ3n) is 6.39. The van der Waals surface area contributed by atoms with Crippen LogP contribution < -0.4 is 0 Å². The third kappa shape index (κ3) is 3.88. The number of pyridine rings is 1. The van der Waals surface area contributed by atoms with Gasteiger partial charge in [0.2, 0.25) is 5.91 Å². The molecule has 1 unspecified atom stereocenters. The molecule has 0 radical (unpaired) electrons. The maximum atomic E-state index is 13.0. The van der Waals surface area contributed by atoms with E-state index in [4.69, 9.17) is 4.74 Å². The molecule has 9 heteroatoms. The van der Waals surface area contributed by atoms with E-state index in [0.717, 1.165) is 43.3 Å². The van der Waals surface area contributed by atoms with Crippen molar-refractivity contribution in [3.8, 4) is 0 Å². The summed E-state index contributed by atoms with van der Waals surface area (Å²) in [5.41, 5.74) is 2.13. The largest absolute Gasteiger partial charge is 0.468 e. The van der Waals surface area contributed by atoms with Crippen molar-refractivity contribution >= 4 is 21.9 Å². The second kappa shape index (κ2) is 8.47. The van der Waals surface area contributed by atoms with Crippen molar-refractivity contribution in [2.45, 2.75) is 37.1 Å². The molecule has 1 aromatic rings. The van der Waals surface area contributed by atoms with Crippen LogP contribution in [0.3, 0.4) is 0 Å². The van der Waals surface area contributed by atoms with Gasteiger partial charge in [0.05, 0.1) is 7.11 Å². The fraction of sp³-hybridized carbons (Fsp3) is 0.571. The number of sulfonamides is 1. The first-order chi connectivity index (χ1) is 14.4. The molecule has 162 valence electrons. The number of ether oxygens (including phenoxy) is 1. The van der Waals surface area contributed by atoms with Gasteiger partial charge in [-0.15, -0.1) is 0 Å². The predicted molar refractivity (Wildman–Crippen MR) is 109 cm³/mol. The third-order valence-corrected chi connectivity index (χ3v) is 8.10. The van der Waals surface area contributed by atoms with Crippen LogP contribution in [0, 0.1) is 11.8 Å². The van der Waals surface area contributed by atoms with Crippen molar-refractivity contribution < 1.29 is 22.7 Å². The summed E-state index contributed by atoms with van der Waals surface area (Å²) in [7, 11) is -2.25. The Labute approximate surface area is 177 Å². The van der Waals surface area contributed by atoms with E-state index in [1.807, 2.05) is 0 Å². The number of carbonyl (C=O) groups is 2. The molecule has 0 spiro atoms. The lowest BCUT2D eigenvalue weighted by atomic mass is 9.78. The molecule has 3 fully saturated rings. The Kier molecular flexibility index (Phi) is 5.92. The molecule has 0 aromatic carbocycles. The fourth-order valence-corrected chi connectivity index (χ4v) is 5.85. The molecule has 1 saturated carbocycles. The van der Waals surface area contributed by atoms with E-state index >= 15 is 0 Å². The Balaban J connectivity index is 1.37. The van der Waals surface area contributed by atoms with Gasteiger partial charge in [0.15, 0.2) is 5.03 Å². The summed E-state index contributed by atoms with van der Waals surface area (Å²) in [6.07, 6.45) is 6.46. The van der Waals surface area contributed by atoms with Crippen molar-refractivity contribution in [2.75, 3.05) is 33.3 Å². The molecule has 2 saturated heterocycles. The summed E-state index contributed by atoms with van der Waals surface area (Å²) in [4.78, 5) is 30.9. The van der Waals surface area contributed by atoms with Crippen molar-refractivity contribution in [3.63, 3.8) is 0 Å². The molecule has 3 heterocycles. The normalized spacial score (nSPS) is 21.6. The second-order valence-corrected chi connectivity index (χ2v) is 10.1. The smallest absolute Gasteiger partial charge is 0.318 e. The maximum absolute atomic E-state index is 13.0. The van der Waals surface area contributed by atoms with Gasteiger partial charge in [0, 0.05) is 32.4 Å². The molecule has 4 rings (SSSR count). The zero-order chi connectivity index (χ0) is 21.3. The number of aromatic nitrogens is 1. The lowest BCUT2D eigenvalue weighted by Gasteiger charge is -2.43. The van der Waals surface area contributed by atoms with Gasteiger partial charge in [0.25, 0.3) is 10.0 Å². The molecule has 2 aliphatic heterocycles. The first-order valence-electron chi connectivity index (χ1n) is 10.4. The molecular formula is C21H27N3O5S. The molecule has 0 bridgehead atoms. The van der Waals surface area contributed by atoms with E-state index in [1.165, 1.54) is 23.7 Å². The first-order valence-corrected chi connectivity index (χ1v) is 11.8. The van der Waals surface area contributed by atoms with Crippen molar-refractivity contribution in [2.24, 2.45) is 11.8 Å². The highest BCUT2D eigenvalue weighted by atomic mass is 32.2. The van der Waals surface area contributed by atoms with Crippen LogP contribution in [-0.2, 0) is 24.3 Å². The topological polar surface area (TPSA) is 96.9 Å². The molecule has 0 N–H and O–H groups in total. The number of esters is 1. The Morgan fingerprint density at radius 3 is 2.33 bits per heavy atom. The number of methoxy groups -OCH3 is 1. The number of likely N-dealkylation sites (tertiary alicyclic amines) is 1. The number of carbonyl (C=O) groups excluding carboxylic acids is 2. The SMILES string of the molecule is COC(=O)C(C(=O)N1CC(=C2CN(S(=O)(=O)c3ccccn3)C2)C1)C1CCCCC1. The Hall–Kier alpha value is -2.26. The zero-order valence-corrected chi connectivity index (χ0v) is 17.9. The number of rotatable bonds is 5. The Morgan fingerprint density at radius 1 is 1.07 bits per heavy atom. The molecule has 1 aliphatic carbocycles. The highest BCUT2D eigenvalue weighted by molar-refractivity contribution is 7.89. The van der Waals surface area contributed by atoms with Gasteiger partial charge in [0.1, 0.15) is 5.92 Å². The summed E-state index contributed by atoms with van der Waals surface area (Å²) in [5, 5.41) is 0.0489. The van der Waals surface area contributed by atoms with Gasteiger partial charge in [-0.3, -0.25) is 9.59 Å². The highest BCUT2D eigenvalue weighted by Crippen LogP contribution is 2.35. The quantitative estimate of drug-likeness (QED) is 0.397. The van der Waals surface area contributed by atoms with Crippen LogP contribution in [-0.4, -0.2) is 67.8 Å². The predicted octanol–water partition coefficient (Wildman–Crippen LogP) is 1.59. The van der Waals surface area contributed by atoms with Gasteiger partial charge in [-0.05, 0) is 42.0 Å².